The van der Waals surface area contributed by atoms with Crippen molar-refractivity contribution in [3.63, 3.8) is 0 Å². The Bertz CT molecular complexity index is 624. The molecule has 150 valence electrons. The molecule has 1 aliphatic carbocycles. The van der Waals surface area contributed by atoms with E-state index < -0.39 is 0 Å². The second kappa shape index (κ2) is 9.88. The Kier molecular flexibility index (Phi) is 7.26. The van der Waals surface area contributed by atoms with E-state index in [1.165, 1.54) is 32.1 Å². The van der Waals surface area contributed by atoms with Gasteiger partial charge in [-0.25, -0.2) is 4.98 Å². The molecule has 1 atom stereocenters. The van der Waals surface area contributed by atoms with Gasteiger partial charge in [0.1, 0.15) is 5.82 Å². The number of hydrogen-bond acceptors (Lipinski definition) is 4. The molecule has 1 saturated carbocycles. The molecule has 1 saturated heterocycles. The van der Waals surface area contributed by atoms with Gasteiger partial charge in [0, 0.05) is 45.1 Å². The summed E-state index contributed by atoms with van der Waals surface area (Å²) in [5.74, 6) is 1.63. The standard InChI is InChI=1S/C20H33N5O2/c1-16-21-9-12-24(16)11-5-8-22-19(26)14-18-20(27)23-10-13-25(18)15-17-6-3-2-4-7-17/h9,12,17-18H,2-8,10-11,13-15H2,1H3,(H,22,26)(H,23,27). The molecule has 27 heavy (non-hydrogen) atoms. The third kappa shape index (κ3) is 5.79. The third-order valence-corrected chi connectivity index (χ3v) is 5.86. The van der Waals surface area contributed by atoms with Crippen LogP contribution in [0.3, 0.4) is 0 Å². The van der Waals surface area contributed by atoms with Crippen molar-refractivity contribution in [2.45, 2.75) is 64.5 Å². The quantitative estimate of drug-likeness (QED) is 0.675. The van der Waals surface area contributed by atoms with Crippen molar-refractivity contribution in [2.24, 2.45) is 5.92 Å². The zero-order valence-electron chi connectivity index (χ0n) is 16.5. The van der Waals surface area contributed by atoms with Gasteiger partial charge in [-0.15, -0.1) is 0 Å². The summed E-state index contributed by atoms with van der Waals surface area (Å²) in [6, 6.07) is -0.323. The highest BCUT2D eigenvalue weighted by Gasteiger charge is 2.33. The Morgan fingerprint density at radius 2 is 2.15 bits per heavy atom. The van der Waals surface area contributed by atoms with Crippen LogP contribution in [0.4, 0.5) is 0 Å². The van der Waals surface area contributed by atoms with E-state index in [2.05, 4.69) is 25.1 Å². The predicted octanol–water partition coefficient (Wildman–Crippen LogP) is 1.47. The second-order valence-electron chi connectivity index (χ2n) is 7.88. The van der Waals surface area contributed by atoms with E-state index in [1.54, 1.807) is 6.20 Å². The molecule has 0 aromatic carbocycles. The van der Waals surface area contributed by atoms with Crippen molar-refractivity contribution in [1.29, 1.82) is 0 Å². The SMILES string of the molecule is Cc1nccn1CCCNC(=O)CC1C(=O)NCCN1CC1CCCCC1. The van der Waals surface area contributed by atoms with Crippen LogP contribution >= 0.6 is 0 Å². The average molecular weight is 376 g/mol. The molecule has 0 bridgehead atoms. The van der Waals surface area contributed by atoms with E-state index in [9.17, 15) is 9.59 Å². The fourth-order valence-corrected chi connectivity index (χ4v) is 4.27. The number of amides is 2. The van der Waals surface area contributed by atoms with Gasteiger partial charge in [0.2, 0.25) is 11.8 Å². The summed E-state index contributed by atoms with van der Waals surface area (Å²) in [4.78, 5) is 31.2. The number of piperazine rings is 1. The smallest absolute Gasteiger partial charge is 0.237 e. The maximum Gasteiger partial charge on any atom is 0.237 e. The summed E-state index contributed by atoms with van der Waals surface area (Å²) in [7, 11) is 0. The molecule has 7 heteroatoms. The Labute approximate surface area is 161 Å². The molecule has 2 amide bonds. The lowest BCUT2D eigenvalue weighted by Gasteiger charge is -2.37. The summed E-state index contributed by atoms with van der Waals surface area (Å²) in [5.41, 5.74) is 0. The van der Waals surface area contributed by atoms with Crippen molar-refractivity contribution in [2.75, 3.05) is 26.2 Å². The molecule has 0 radical (unpaired) electrons. The fourth-order valence-electron chi connectivity index (χ4n) is 4.27. The molecule has 2 fully saturated rings. The first-order valence-electron chi connectivity index (χ1n) is 10.4. The first kappa shape index (κ1) is 19.9. The number of nitrogens with zero attached hydrogens (tertiary/aromatic N) is 3. The Morgan fingerprint density at radius 1 is 1.33 bits per heavy atom. The fraction of sp³-hybridized carbons (Fsp3) is 0.750. The van der Waals surface area contributed by atoms with Crippen molar-refractivity contribution in [3.8, 4) is 0 Å². The van der Waals surface area contributed by atoms with Gasteiger partial charge < -0.3 is 15.2 Å². The largest absolute Gasteiger partial charge is 0.356 e. The molecule has 2 N–H and O–H groups in total. The molecular formula is C20H33N5O2. The topological polar surface area (TPSA) is 79.3 Å². The van der Waals surface area contributed by atoms with Crippen LogP contribution in [0.25, 0.3) is 0 Å². The third-order valence-electron chi connectivity index (χ3n) is 5.86. The lowest BCUT2D eigenvalue weighted by atomic mass is 9.88. The first-order valence-corrected chi connectivity index (χ1v) is 10.4. The van der Waals surface area contributed by atoms with Crippen molar-refractivity contribution < 1.29 is 9.59 Å². The van der Waals surface area contributed by atoms with Crippen LogP contribution in [0, 0.1) is 12.8 Å². The first-order chi connectivity index (χ1) is 13.1. The number of aromatic nitrogens is 2. The van der Waals surface area contributed by atoms with Gasteiger partial charge >= 0.3 is 0 Å². The van der Waals surface area contributed by atoms with E-state index in [1.807, 2.05) is 13.1 Å². The average Bonchev–Trinajstić information content (AvgIpc) is 3.07. The van der Waals surface area contributed by atoms with Gasteiger partial charge in [0.15, 0.2) is 0 Å². The highest BCUT2D eigenvalue weighted by atomic mass is 16.2. The lowest BCUT2D eigenvalue weighted by Crippen LogP contribution is -2.57. The number of rotatable bonds is 8. The van der Waals surface area contributed by atoms with Crippen molar-refractivity contribution in [3.05, 3.63) is 18.2 Å². The monoisotopic (exact) mass is 375 g/mol. The maximum atomic E-state index is 12.4. The zero-order chi connectivity index (χ0) is 19.1. The van der Waals surface area contributed by atoms with Gasteiger partial charge in [-0.3, -0.25) is 14.5 Å². The number of hydrogen-bond donors (Lipinski definition) is 2. The van der Waals surface area contributed by atoms with Crippen molar-refractivity contribution >= 4 is 11.8 Å². The number of nitrogens with one attached hydrogen (secondary N) is 2. The van der Waals surface area contributed by atoms with Gasteiger partial charge in [-0.1, -0.05) is 19.3 Å². The van der Waals surface area contributed by atoms with Crippen LogP contribution in [0.15, 0.2) is 12.4 Å². The van der Waals surface area contributed by atoms with Crippen LogP contribution in [0.2, 0.25) is 0 Å². The number of aryl methyl sites for hydroxylation is 2. The molecule has 2 aliphatic rings. The summed E-state index contributed by atoms with van der Waals surface area (Å²) < 4.78 is 2.08. The van der Waals surface area contributed by atoms with Gasteiger partial charge in [-0.2, -0.15) is 0 Å². The minimum Gasteiger partial charge on any atom is -0.356 e. The summed E-state index contributed by atoms with van der Waals surface area (Å²) >= 11 is 0. The van der Waals surface area contributed by atoms with E-state index in [0.29, 0.717) is 19.0 Å². The number of imidazole rings is 1. The van der Waals surface area contributed by atoms with Crippen molar-refractivity contribution in [1.82, 2.24) is 25.1 Å². The minimum atomic E-state index is -0.323. The lowest BCUT2D eigenvalue weighted by molar-refractivity contribution is -0.134. The summed E-state index contributed by atoms with van der Waals surface area (Å²) in [6.45, 7) is 5.91. The molecule has 1 aromatic heterocycles. The number of carbonyl (C=O) groups excluding carboxylic acids is 2. The van der Waals surface area contributed by atoms with Crippen LogP contribution in [0.5, 0.6) is 0 Å². The summed E-state index contributed by atoms with van der Waals surface area (Å²) in [6.07, 6.45) is 11.3. The number of carbonyl (C=O) groups is 2. The minimum absolute atomic E-state index is 0.00116. The van der Waals surface area contributed by atoms with E-state index in [-0.39, 0.29) is 24.3 Å². The van der Waals surface area contributed by atoms with E-state index >= 15 is 0 Å². The highest BCUT2D eigenvalue weighted by Crippen LogP contribution is 2.25. The summed E-state index contributed by atoms with van der Waals surface area (Å²) in [5, 5.41) is 5.90. The molecule has 1 unspecified atom stereocenters. The second-order valence-corrected chi connectivity index (χ2v) is 7.88. The van der Waals surface area contributed by atoms with E-state index in [0.717, 1.165) is 31.9 Å². The molecular weight excluding hydrogens is 342 g/mol. The van der Waals surface area contributed by atoms with Crippen LogP contribution < -0.4 is 10.6 Å². The normalized spacial score (nSPS) is 21.8. The van der Waals surface area contributed by atoms with Gasteiger partial charge in [-0.05, 0) is 32.1 Å². The highest BCUT2D eigenvalue weighted by molar-refractivity contribution is 5.88. The Hall–Kier alpha value is -1.89. The maximum absolute atomic E-state index is 12.4. The predicted molar refractivity (Wildman–Crippen MR) is 104 cm³/mol. The zero-order valence-corrected chi connectivity index (χ0v) is 16.5. The Morgan fingerprint density at radius 3 is 2.89 bits per heavy atom. The molecule has 1 aromatic rings. The van der Waals surface area contributed by atoms with E-state index in [4.69, 9.17) is 0 Å². The van der Waals surface area contributed by atoms with Crippen LogP contribution in [-0.4, -0.2) is 58.5 Å². The Balaban J connectivity index is 1.43. The molecule has 1 aliphatic heterocycles. The molecule has 0 spiro atoms. The van der Waals surface area contributed by atoms with Gasteiger partial charge in [0.25, 0.3) is 0 Å². The van der Waals surface area contributed by atoms with Crippen LogP contribution in [-0.2, 0) is 16.1 Å². The van der Waals surface area contributed by atoms with Crippen LogP contribution in [0.1, 0.15) is 50.8 Å². The molecule has 2 heterocycles. The molecule has 3 rings (SSSR count). The van der Waals surface area contributed by atoms with Gasteiger partial charge in [0.05, 0.1) is 12.5 Å². The molecule has 7 nitrogen and oxygen atoms in total.